The molecule has 0 radical (unpaired) electrons. The monoisotopic (exact) mass is 261 g/mol. The van der Waals surface area contributed by atoms with Gasteiger partial charge in [0.15, 0.2) is 0 Å². The van der Waals surface area contributed by atoms with Crippen molar-refractivity contribution >= 4 is 10.0 Å². The number of hydrogen-bond acceptors (Lipinski definition) is 3. The first kappa shape index (κ1) is 13.3. The standard InChI is InChI=1S/C12H23NO3S/c1-10-4-2-6-12(10)13-17(14,15)9-7-11-5-3-8-16-11/h10-13H,2-9H2,1H3. The lowest BCUT2D eigenvalue weighted by Gasteiger charge is -2.18. The Balaban J connectivity index is 1.77. The van der Waals surface area contributed by atoms with Crippen LogP contribution in [-0.2, 0) is 14.8 Å². The molecule has 1 saturated heterocycles. The SMILES string of the molecule is CC1CCCC1NS(=O)(=O)CCC1CCCO1. The second-order valence-corrected chi connectivity index (χ2v) is 7.25. The predicted molar refractivity (Wildman–Crippen MR) is 67.3 cm³/mol. The molecule has 0 amide bonds. The molecule has 1 heterocycles. The molecule has 1 aliphatic carbocycles. The van der Waals surface area contributed by atoms with Crippen molar-refractivity contribution in [3.63, 3.8) is 0 Å². The molecule has 0 aromatic rings. The molecule has 5 heteroatoms. The second kappa shape index (κ2) is 5.67. The van der Waals surface area contributed by atoms with E-state index in [4.69, 9.17) is 4.74 Å². The lowest BCUT2D eigenvalue weighted by Crippen LogP contribution is -2.38. The van der Waals surface area contributed by atoms with Gasteiger partial charge in [-0.2, -0.15) is 0 Å². The minimum absolute atomic E-state index is 0.157. The van der Waals surface area contributed by atoms with Crippen molar-refractivity contribution in [3.8, 4) is 0 Å². The third-order valence-electron chi connectivity index (χ3n) is 3.92. The van der Waals surface area contributed by atoms with E-state index in [0.717, 1.165) is 38.7 Å². The molecule has 1 saturated carbocycles. The third-order valence-corrected chi connectivity index (χ3v) is 5.36. The smallest absolute Gasteiger partial charge is 0.211 e. The Morgan fingerprint density at radius 2 is 2.06 bits per heavy atom. The summed E-state index contributed by atoms with van der Waals surface area (Å²) in [6.07, 6.45) is 6.13. The van der Waals surface area contributed by atoms with E-state index in [2.05, 4.69) is 11.6 Å². The molecule has 2 aliphatic rings. The van der Waals surface area contributed by atoms with Crippen molar-refractivity contribution in [2.24, 2.45) is 5.92 Å². The highest BCUT2D eigenvalue weighted by Crippen LogP contribution is 2.25. The molecule has 2 rings (SSSR count). The zero-order chi connectivity index (χ0) is 12.3. The Hall–Kier alpha value is -0.130. The van der Waals surface area contributed by atoms with Gasteiger partial charge in [-0.3, -0.25) is 0 Å². The van der Waals surface area contributed by atoms with E-state index in [1.807, 2.05) is 0 Å². The molecular formula is C12H23NO3S. The van der Waals surface area contributed by atoms with E-state index in [1.165, 1.54) is 0 Å². The Morgan fingerprint density at radius 1 is 1.24 bits per heavy atom. The molecule has 3 unspecified atom stereocenters. The number of sulfonamides is 1. The van der Waals surface area contributed by atoms with E-state index < -0.39 is 10.0 Å². The van der Waals surface area contributed by atoms with Crippen molar-refractivity contribution in [2.45, 2.75) is 57.6 Å². The van der Waals surface area contributed by atoms with Crippen molar-refractivity contribution in [1.82, 2.24) is 4.72 Å². The number of rotatable bonds is 5. The van der Waals surface area contributed by atoms with Gasteiger partial charge < -0.3 is 4.74 Å². The van der Waals surface area contributed by atoms with Crippen LogP contribution in [0.15, 0.2) is 0 Å². The normalized spacial score (nSPS) is 34.3. The maximum absolute atomic E-state index is 11.9. The molecule has 100 valence electrons. The predicted octanol–water partition coefficient (Wildman–Crippen LogP) is 1.66. The van der Waals surface area contributed by atoms with Gasteiger partial charge in [0, 0.05) is 12.6 Å². The highest BCUT2D eigenvalue weighted by Gasteiger charge is 2.28. The summed E-state index contributed by atoms with van der Waals surface area (Å²) >= 11 is 0. The van der Waals surface area contributed by atoms with E-state index in [0.29, 0.717) is 12.3 Å². The molecule has 0 bridgehead atoms. The van der Waals surface area contributed by atoms with Gasteiger partial charge in [-0.25, -0.2) is 13.1 Å². The molecule has 4 nitrogen and oxygen atoms in total. The molecule has 3 atom stereocenters. The van der Waals surface area contributed by atoms with Crippen LogP contribution in [0.5, 0.6) is 0 Å². The van der Waals surface area contributed by atoms with Gasteiger partial charge in [-0.15, -0.1) is 0 Å². The first-order chi connectivity index (χ1) is 8.07. The van der Waals surface area contributed by atoms with Gasteiger partial charge in [0.05, 0.1) is 11.9 Å². The summed E-state index contributed by atoms with van der Waals surface area (Å²) in [5.74, 6) is 0.688. The quantitative estimate of drug-likeness (QED) is 0.819. The zero-order valence-electron chi connectivity index (χ0n) is 10.5. The fraction of sp³-hybridized carbons (Fsp3) is 1.00. The highest BCUT2D eigenvalue weighted by molar-refractivity contribution is 7.89. The summed E-state index contributed by atoms with van der Waals surface area (Å²) in [6.45, 7) is 2.91. The lowest BCUT2D eigenvalue weighted by atomic mass is 10.1. The second-order valence-electron chi connectivity index (χ2n) is 5.38. The van der Waals surface area contributed by atoms with Crippen LogP contribution in [0.3, 0.4) is 0 Å². The summed E-state index contributed by atoms with van der Waals surface area (Å²) in [6, 6.07) is 0.157. The topological polar surface area (TPSA) is 55.4 Å². The first-order valence-corrected chi connectivity index (χ1v) is 8.34. The number of hydrogen-bond donors (Lipinski definition) is 1. The van der Waals surface area contributed by atoms with Crippen LogP contribution in [0.4, 0.5) is 0 Å². The van der Waals surface area contributed by atoms with Gasteiger partial charge in [0.25, 0.3) is 0 Å². The van der Waals surface area contributed by atoms with Crippen molar-refractivity contribution in [3.05, 3.63) is 0 Å². The molecule has 1 N–H and O–H groups in total. The molecule has 2 fully saturated rings. The Bertz CT molecular complexity index is 336. The van der Waals surface area contributed by atoms with Gasteiger partial charge in [-0.1, -0.05) is 13.3 Å². The summed E-state index contributed by atoms with van der Waals surface area (Å²) in [7, 11) is -3.12. The van der Waals surface area contributed by atoms with Crippen LogP contribution < -0.4 is 4.72 Å². The van der Waals surface area contributed by atoms with Gasteiger partial charge >= 0.3 is 0 Å². The summed E-state index contributed by atoms with van der Waals surface area (Å²) in [5.41, 5.74) is 0. The molecule has 0 aromatic carbocycles. The fourth-order valence-electron chi connectivity index (χ4n) is 2.77. The van der Waals surface area contributed by atoms with Crippen LogP contribution in [0.2, 0.25) is 0 Å². The minimum Gasteiger partial charge on any atom is -0.378 e. The van der Waals surface area contributed by atoms with Gasteiger partial charge in [0.2, 0.25) is 10.0 Å². The fourth-order valence-corrected chi connectivity index (χ4v) is 4.27. The van der Waals surface area contributed by atoms with E-state index in [9.17, 15) is 8.42 Å². The van der Waals surface area contributed by atoms with Crippen LogP contribution in [0.25, 0.3) is 0 Å². The first-order valence-electron chi connectivity index (χ1n) is 6.68. The van der Waals surface area contributed by atoms with Gasteiger partial charge in [0.1, 0.15) is 0 Å². The number of ether oxygens (including phenoxy) is 1. The maximum atomic E-state index is 11.9. The van der Waals surface area contributed by atoms with E-state index in [-0.39, 0.29) is 17.9 Å². The Morgan fingerprint density at radius 3 is 2.65 bits per heavy atom. The molecule has 0 aromatic heterocycles. The van der Waals surface area contributed by atoms with Crippen LogP contribution in [-0.4, -0.2) is 32.9 Å². The Kier molecular flexibility index (Phi) is 4.44. The zero-order valence-corrected chi connectivity index (χ0v) is 11.3. The summed E-state index contributed by atoms with van der Waals surface area (Å²) in [4.78, 5) is 0. The third kappa shape index (κ3) is 3.93. The summed E-state index contributed by atoms with van der Waals surface area (Å²) < 4.78 is 32.1. The van der Waals surface area contributed by atoms with Crippen molar-refractivity contribution in [2.75, 3.05) is 12.4 Å². The number of nitrogens with one attached hydrogen (secondary N) is 1. The molecule has 17 heavy (non-hydrogen) atoms. The van der Waals surface area contributed by atoms with Crippen molar-refractivity contribution in [1.29, 1.82) is 0 Å². The molecule has 1 aliphatic heterocycles. The van der Waals surface area contributed by atoms with Crippen LogP contribution in [0, 0.1) is 5.92 Å². The van der Waals surface area contributed by atoms with E-state index in [1.54, 1.807) is 0 Å². The molecular weight excluding hydrogens is 238 g/mol. The lowest BCUT2D eigenvalue weighted by molar-refractivity contribution is 0.108. The highest BCUT2D eigenvalue weighted by atomic mass is 32.2. The average molecular weight is 261 g/mol. The maximum Gasteiger partial charge on any atom is 0.211 e. The van der Waals surface area contributed by atoms with Crippen molar-refractivity contribution < 1.29 is 13.2 Å². The van der Waals surface area contributed by atoms with E-state index >= 15 is 0 Å². The van der Waals surface area contributed by atoms with Crippen LogP contribution in [0.1, 0.15) is 45.4 Å². The largest absolute Gasteiger partial charge is 0.378 e. The summed E-state index contributed by atoms with van der Waals surface area (Å²) in [5, 5.41) is 0. The Labute approximate surface area is 104 Å². The minimum atomic E-state index is -3.12. The van der Waals surface area contributed by atoms with Crippen LogP contribution >= 0.6 is 0 Å². The average Bonchev–Trinajstić information content (AvgIpc) is 2.88. The van der Waals surface area contributed by atoms with Gasteiger partial charge in [-0.05, 0) is 38.0 Å². The molecule has 0 spiro atoms.